The lowest BCUT2D eigenvalue weighted by molar-refractivity contribution is 0.486. The van der Waals surface area contributed by atoms with Gasteiger partial charge in [0.25, 0.3) is 0 Å². The zero-order chi connectivity index (χ0) is 11.7. The molecule has 1 atom stereocenters. The summed E-state index contributed by atoms with van der Waals surface area (Å²) in [6, 6.07) is 8.08. The van der Waals surface area contributed by atoms with E-state index < -0.39 is 0 Å². The highest BCUT2D eigenvalue weighted by atomic mass is 16.3. The predicted octanol–water partition coefficient (Wildman–Crippen LogP) is 3.25. The maximum atomic E-state index is 6.22. The highest BCUT2D eigenvalue weighted by molar-refractivity contribution is 5.37. The molecule has 0 saturated carbocycles. The van der Waals surface area contributed by atoms with Gasteiger partial charge in [-0.15, -0.1) is 0 Å². The average molecular weight is 215 g/mol. The molecule has 0 fully saturated rings. The molecule has 1 aromatic carbocycles. The molecule has 2 nitrogen and oxygen atoms in total. The Labute approximate surface area is 96.1 Å². The van der Waals surface area contributed by atoms with Crippen LogP contribution in [0, 0.1) is 20.8 Å². The smallest absolute Gasteiger partial charge is 0.127 e. The lowest BCUT2D eigenvalue weighted by Gasteiger charge is -2.14. The summed E-state index contributed by atoms with van der Waals surface area (Å²) in [6.07, 6.45) is 1.69. The molecule has 2 aromatic rings. The Kier molecular flexibility index (Phi) is 2.84. The normalized spacial score (nSPS) is 12.8. The van der Waals surface area contributed by atoms with Crippen LogP contribution in [0.25, 0.3) is 0 Å². The first-order valence-electron chi connectivity index (χ1n) is 5.46. The Hall–Kier alpha value is -1.54. The van der Waals surface area contributed by atoms with Gasteiger partial charge in [-0.3, -0.25) is 0 Å². The zero-order valence-electron chi connectivity index (χ0n) is 9.95. The topological polar surface area (TPSA) is 39.2 Å². The third-order valence-corrected chi connectivity index (χ3v) is 2.94. The molecule has 0 spiro atoms. The van der Waals surface area contributed by atoms with Crippen LogP contribution in [-0.4, -0.2) is 0 Å². The molecule has 0 aliphatic rings. The Bertz CT molecular complexity index is 499. The van der Waals surface area contributed by atoms with Gasteiger partial charge < -0.3 is 10.2 Å². The molecule has 2 rings (SSSR count). The van der Waals surface area contributed by atoms with E-state index in [2.05, 4.69) is 32.0 Å². The van der Waals surface area contributed by atoms with Crippen molar-refractivity contribution in [3.8, 4) is 0 Å². The van der Waals surface area contributed by atoms with Crippen molar-refractivity contribution in [2.45, 2.75) is 26.8 Å². The van der Waals surface area contributed by atoms with Gasteiger partial charge in [0.05, 0.1) is 12.3 Å². The minimum absolute atomic E-state index is 0.171. The van der Waals surface area contributed by atoms with Crippen LogP contribution >= 0.6 is 0 Å². The van der Waals surface area contributed by atoms with E-state index in [1.165, 1.54) is 11.1 Å². The van der Waals surface area contributed by atoms with Crippen LogP contribution in [0.1, 0.15) is 34.1 Å². The van der Waals surface area contributed by atoms with E-state index in [-0.39, 0.29) is 6.04 Å². The molecule has 1 unspecified atom stereocenters. The summed E-state index contributed by atoms with van der Waals surface area (Å²) in [5.74, 6) is 0.854. The van der Waals surface area contributed by atoms with Gasteiger partial charge in [-0.25, -0.2) is 0 Å². The van der Waals surface area contributed by atoms with Crippen molar-refractivity contribution in [2.24, 2.45) is 5.73 Å². The summed E-state index contributed by atoms with van der Waals surface area (Å²) in [5, 5.41) is 0. The SMILES string of the molecule is Cc1ccc(C(N)c2occc2C)c(C)c1. The van der Waals surface area contributed by atoms with Gasteiger partial charge in [-0.2, -0.15) is 0 Å². The van der Waals surface area contributed by atoms with Crippen molar-refractivity contribution in [1.29, 1.82) is 0 Å². The van der Waals surface area contributed by atoms with Gasteiger partial charge in [0, 0.05) is 0 Å². The van der Waals surface area contributed by atoms with Crippen molar-refractivity contribution in [3.63, 3.8) is 0 Å². The van der Waals surface area contributed by atoms with Crippen molar-refractivity contribution < 1.29 is 4.42 Å². The maximum Gasteiger partial charge on any atom is 0.127 e. The van der Waals surface area contributed by atoms with E-state index in [0.29, 0.717) is 0 Å². The van der Waals surface area contributed by atoms with E-state index in [4.69, 9.17) is 10.2 Å². The minimum atomic E-state index is -0.171. The van der Waals surface area contributed by atoms with Crippen LogP contribution in [0.4, 0.5) is 0 Å². The maximum absolute atomic E-state index is 6.22. The fourth-order valence-electron chi connectivity index (χ4n) is 2.02. The van der Waals surface area contributed by atoms with Crippen molar-refractivity contribution in [2.75, 3.05) is 0 Å². The first kappa shape index (κ1) is 11.0. The van der Waals surface area contributed by atoms with E-state index in [1.807, 2.05) is 13.0 Å². The number of hydrogen-bond donors (Lipinski definition) is 1. The van der Waals surface area contributed by atoms with Gasteiger partial charge in [-0.1, -0.05) is 23.8 Å². The number of hydrogen-bond acceptors (Lipinski definition) is 2. The number of nitrogens with two attached hydrogens (primary N) is 1. The third-order valence-electron chi connectivity index (χ3n) is 2.94. The molecule has 0 amide bonds. The van der Waals surface area contributed by atoms with Crippen LogP contribution in [0.5, 0.6) is 0 Å². The number of benzene rings is 1. The highest BCUT2D eigenvalue weighted by Crippen LogP contribution is 2.26. The van der Waals surface area contributed by atoms with Crippen LogP contribution in [0.3, 0.4) is 0 Å². The van der Waals surface area contributed by atoms with Crippen molar-refractivity contribution in [1.82, 2.24) is 0 Å². The van der Waals surface area contributed by atoms with Gasteiger partial charge in [0.2, 0.25) is 0 Å². The molecular weight excluding hydrogens is 198 g/mol. The number of rotatable bonds is 2. The van der Waals surface area contributed by atoms with Crippen molar-refractivity contribution in [3.05, 3.63) is 58.5 Å². The molecule has 84 valence electrons. The van der Waals surface area contributed by atoms with Crippen LogP contribution in [0.15, 0.2) is 34.9 Å². The second-order valence-corrected chi connectivity index (χ2v) is 4.31. The second kappa shape index (κ2) is 4.14. The molecule has 2 heteroatoms. The zero-order valence-corrected chi connectivity index (χ0v) is 9.95. The highest BCUT2D eigenvalue weighted by Gasteiger charge is 2.16. The van der Waals surface area contributed by atoms with Gasteiger partial charge in [-0.05, 0) is 43.5 Å². The van der Waals surface area contributed by atoms with Crippen LogP contribution in [-0.2, 0) is 0 Å². The Morgan fingerprint density at radius 2 is 1.81 bits per heavy atom. The van der Waals surface area contributed by atoms with E-state index >= 15 is 0 Å². The lowest BCUT2D eigenvalue weighted by atomic mass is 9.97. The lowest BCUT2D eigenvalue weighted by Crippen LogP contribution is -2.13. The molecule has 2 N–H and O–H groups in total. The fraction of sp³-hybridized carbons (Fsp3) is 0.286. The quantitative estimate of drug-likeness (QED) is 0.835. The summed E-state index contributed by atoms with van der Waals surface area (Å²) >= 11 is 0. The van der Waals surface area contributed by atoms with Gasteiger partial charge in [0.15, 0.2) is 0 Å². The van der Waals surface area contributed by atoms with E-state index in [0.717, 1.165) is 16.9 Å². The third kappa shape index (κ3) is 1.89. The molecule has 0 radical (unpaired) electrons. The molecule has 0 bridgehead atoms. The Balaban J connectivity index is 2.41. The summed E-state index contributed by atoms with van der Waals surface area (Å²) in [7, 11) is 0. The second-order valence-electron chi connectivity index (χ2n) is 4.31. The molecule has 0 saturated heterocycles. The first-order valence-corrected chi connectivity index (χ1v) is 5.46. The molecule has 0 aliphatic heterocycles. The molecule has 1 heterocycles. The largest absolute Gasteiger partial charge is 0.467 e. The van der Waals surface area contributed by atoms with Crippen molar-refractivity contribution >= 4 is 0 Å². The summed E-state index contributed by atoms with van der Waals surface area (Å²) in [6.45, 7) is 6.18. The molecule has 1 aromatic heterocycles. The summed E-state index contributed by atoms with van der Waals surface area (Å²) in [4.78, 5) is 0. The first-order chi connectivity index (χ1) is 7.59. The summed E-state index contributed by atoms with van der Waals surface area (Å²) < 4.78 is 5.44. The summed E-state index contributed by atoms with van der Waals surface area (Å²) in [5.41, 5.74) is 10.9. The molecule has 16 heavy (non-hydrogen) atoms. The van der Waals surface area contributed by atoms with Crippen LogP contribution < -0.4 is 5.73 Å². The van der Waals surface area contributed by atoms with Crippen LogP contribution in [0.2, 0.25) is 0 Å². The predicted molar refractivity (Wildman–Crippen MR) is 65.4 cm³/mol. The minimum Gasteiger partial charge on any atom is -0.467 e. The molecular formula is C14H17NO. The fourth-order valence-corrected chi connectivity index (χ4v) is 2.02. The Morgan fingerprint density at radius 3 is 2.38 bits per heavy atom. The number of furan rings is 1. The monoisotopic (exact) mass is 215 g/mol. The average Bonchev–Trinajstić information content (AvgIpc) is 2.63. The van der Waals surface area contributed by atoms with Gasteiger partial charge in [0.1, 0.15) is 5.76 Å². The molecule has 0 aliphatic carbocycles. The van der Waals surface area contributed by atoms with E-state index in [1.54, 1.807) is 6.26 Å². The van der Waals surface area contributed by atoms with Gasteiger partial charge >= 0.3 is 0 Å². The standard InChI is InChI=1S/C14H17NO/c1-9-4-5-12(11(3)8-9)13(15)14-10(2)6-7-16-14/h4-8,13H,15H2,1-3H3. The van der Waals surface area contributed by atoms with E-state index in [9.17, 15) is 0 Å². The number of aryl methyl sites for hydroxylation is 3. The Morgan fingerprint density at radius 1 is 1.06 bits per heavy atom.